The number of aliphatic hydroxyl groups is 1. The number of nitrogens with zero attached hydrogens (tertiary/aromatic N) is 1. The van der Waals surface area contributed by atoms with E-state index in [1.54, 1.807) is 30.5 Å². The average Bonchev–Trinajstić information content (AvgIpc) is 2.47. The average molecular weight is 291 g/mol. The SMILES string of the molecule is O=C(CC(O)c1ccc(Cl)cc1)NCc1ccccn1. The van der Waals surface area contributed by atoms with Crippen molar-refractivity contribution in [3.63, 3.8) is 0 Å². The lowest BCUT2D eigenvalue weighted by Gasteiger charge is -2.11. The van der Waals surface area contributed by atoms with Crippen LogP contribution in [0.5, 0.6) is 0 Å². The summed E-state index contributed by atoms with van der Waals surface area (Å²) in [5, 5.41) is 13.3. The van der Waals surface area contributed by atoms with Gasteiger partial charge in [-0.25, -0.2) is 0 Å². The first kappa shape index (κ1) is 14.5. The Hall–Kier alpha value is -1.91. The minimum Gasteiger partial charge on any atom is -0.388 e. The molecule has 104 valence electrons. The van der Waals surface area contributed by atoms with E-state index in [2.05, 4.69) is 10.3 Å². The molecular weight excluding hydrogens is 276 g/mol. The molecular formula is C15H15ClN2O2. The Kier molecular flexibility index (Phi) is 5.09. The predicted molar refractivity (Wildman–Crippen MR) is 77.1 cm³/mol. The quantitative estimate of drug-likeness (QED) is 0.889. The second-order valence-electron chi connectivity index (χ2n) is 4.37. The van der Waals surface area contributed by atoms with Crippen molar-refractivity contribution in [2.45, 2.75) is 19.1 Å². The number of carbonyl (C=O) groups excluding carboxylic acids is 1. The van der Waals surface area contributed by atoms with Gasteiger partial charge in [-0.3, -0.25) is 9.78 Å². The third kappa shape index (κ3) is 4.33. The summed E-state index contributed by atoms with van der Waals surface area (Å²) in [4.78, 5) is 15.8. The second-order valence-corrected chi connectivity index (χ2v) is 4.81. The number of rotatable bonds is 5. The molecule has 1 aromatic heterocycles. The third-order valence-corrected chi connectivity index (χ3v) is 3.08. The molecule has 1 atom stereocenters. The van der Waals surface area contributed by atoms with E-state index in [4.69, 9.17) is 11.6 Å². The van der Waals surface area contributed by atoms with E-state index in [-0.39, 0.29) is 12.3 Å². The molecule has 1 unspecified atom stereocenters. The highest BCUT2D eigenvalue weighted by Gasteiger charge is 2.12. The fourth-order valence-electron chi connectivity index (χ4n) is 1.74. The zero-order valence-electron chi connectivity index (χ0n) is 10.8. The zero-order valence-corrected chi connectivity index (χ0v) is 11.5. The van der Waals surface area contributed by atoms with Crippen LogP contribution in [0.4, 0.5) is 0 Å². The number of amides is 1. The van der Waals surface area contributed by atoms with Crippen LogP contribution in [0.15, 0.2) is 48.7 Å². The normalized spacial score (nSPS) is 11.9. The summed E-state index contributed by atoms with van der Waals surface area (Å²) in [5.41, 5.74) is 1.45. The van der Waals surface area contributed by atoms with Crippen LogP contribution in [0.1, 0.15) is 23.8 Å². The Balaban J connectivity index is 1.83. The van der Waals surface area contributed by atoms with Crippen LogP contribution in [-0.4, -0.2) is 16.0 Å². The molecule has 0 aliphatic rings. The molecule has 0 aliphatic carbocycles. The molecule has 1 aromatic carbocycles. The molecule has 5 heteroatoms. The Morgan fingerprint density at radius 1 is 1.25 bits per heavy atom. The maximum Gasteiger partial charge on any atom is 0.223 e. The van der Waals surface area contributed by atoms with Crippen LogP contribution < -0.4 is 5.32 Å². The minimum absolute atomic E-state index is 0.00840. The summed E-state index contributed by atoms with van der Waals surface area (Å²) in [7, 11) is 0. The summed E-state index contributed by atoms with van der Waals surface area (Å²) >= 11 is 5.77. The summed E-state index contributed by atoms with van der Waals surface area (Å²) in [6.45, 7) is 0.354. The standard InChI is InChI=1S/C15H15ClN2O2/c16-12-6-4-11(5-7-12)14(19)9-15(20)18-10-13-3-1-2-8-17-13/h1-8,14,19H,9-10H2,(H,18,20). The van der Waals surface area contributed by atoms with Gasteiger partial charge in [0.2, 0.25) is 5.91 Å². The molecule has 2 aromatic rings. The molecule has 1 heterocycles. The third-order valence-electron chi connectivity index (χ3n) is 2.83. The van der Waals surface area contributed by atoms with E-state index >= 15 is 0 Å². The first-order valence-corrected chi connectivity index (χ1v) is 6.63. The van der Waals surface area contributed by atoms with Gasteiger partial charge < -0.3 is 10.4 Å². The second kappa shape index (κ2) is 7.03. The predicted octanol–water partition coefficient (Wildman–Crippen LogP) is 2.47. The summed E-state index contributed by atoms with van der Waals surface area (Å²) in [6.07, 6.45) is 0.842. The largest absolute Gasteiger partial charge is 0.388 e. The van der Waals surface area contributed by atoms with Gasteiger partial charge in [0.1, 0.15) is 0 Å². The fraction of sp³-hybridized carbons (Fsp3) is 0.200. The van der Waals surface area contributed by atoms with Crippen molar-refractivity contribution in [2.24, 2.45) is 0 Å². The van der Waals surface area contributed by atoms with Crippen LogP contribution in [0.25, 0.3) is 0 Å². The number of halogens is 1. The Morgan fingerprint density at radius 3 is 2.65 bits per heavy atom. The smallest absolute Gasteiger partial charge is 0.223 e. The Bertz CT molecular complexity index is 558. The van der Waals surface area contributed by atoms with Gasteiger partial charge in [0, 0.05) is 11.2 Å². The lowest BCUT2D eigenvalue weighted by atomic mass is 10.1. The van der Waals surface area contributed by atoms with Crippen molar-refractivity contribution in [3.05, 3.63) is 64.9 Å². The molecule has 1 amide bonds. The van der Waals surface area contributed by atoms with Gasteiger partial charge >= 0.3 is 0 Å². The summed E-state index contributed by atoms with van der Waals surface area (Å²) in [6, 6.07) is 12.3. The zero-order chi connectivity index (χ0) is 14.4. The van der Waals surface area contributed by atoms with E-state index < -0.39 is 6.10 Å². The van der Waals surface area contributed by atoms with Crippen molar-refractivity contribution >= 4 is 17.5 Å². The number of aromatic nitrogens is 1. The molecule has 4 nitrogen and oxygen atoms in total. The van der Waals surface area contributed by atoms with Crippen LogP contribution in [0, 0.1) is 0 Å². The van der Waals surface area contributed by atoms with Crippen molar-refractivity contribution < 1.29 is 9.90 Å². The van der Waals surface area contributed by atoms with Gasteiger partial charge in [-0.15, -0.1) is 0 Å². The molecule has 0 saturated heterocycles. The summed E-state index contributed by atoms with van der Waals surface area (Å²) < 4.78 is 0. The van der Waals surface area contributed by atoms with Crippen LogP contribution in [0.3, 0.4) is 0 Å². The molecule has 0 fully saturated rings. The van der Waals surface area contributed by atoms with E-state index in [0.717, 1.165) is 5.69 Å². The first-order chi connectivity index (χ1) is 9.65. The molecule has 0 radical (unpaired) electrons. The van der Waals surface area contributed by atoms with Crippen molar-refractivity contribution in [1.82, 2.24) is 10.3 Å². The van der Waals surface area contributed by atoms with E-state index in [1.807, 2.05) is 18.2 Å². The number of aliphatic hydroxyl groups excluding tert-OH is 1. The van der Waals surface area contributed by atoms with Crippen molar-refractivity contribution in [3.8, 4) is 0 Å². The van der Waals surface area contributed by atoms with E-state index in [0.29, 0.717) is 17.1 Å². The number of hydrogen-bond acceptors (Lipinski definition) is 3. The number of benzene rings is 1. The molecule has 0 spiro atoms. The molecule has 0 bridgehead atoms. The highest BCUT2D eigenvalue weighted by atomic mass is 35.5. The van der Waals surface area contributed by atoms with Crippen molar-refractivity contribution in [1.29, 1.82) is 0 Å². The van der Waals surface area contributed by atoms with E-state index in [9.17, 15) is 9.90 Å². The molecule has 2 N–H and O–H groups in total. The molecule has 0 saturated carbocycles. The lowest BCUT2D eigenvalue weighted by Crippen LogP contribution is -2.25. The first-order valence-electron chi connectivity index (χ1n) is 6.25. The van der Waals surface area contributed by atoms with Gasteiger partial charge in [0.25, 0.3) is 0 Å². The highest BCUT2D eigenvalue weighted by molar-refractivity contribution is 6.30. The van der Waals surface area contributed by atoms with Crippen molar-refractivity contribution in [2.75, 3.05) is 0 Å². The number of nitrogens with one attached hydrogen (secondary N) is 1. The maximum atomic E-state index is 11.7. The van der Waals surface area contributed by atoms with Gasteiger partial charge in [-0.2, -0.15) is 0 Å². The van der Waals surface area contributed by atoms with Gasteiger partial charge in [0.05, 0.1) is 24.8 Å². The molecule has 20 heavy (non-hydrogen) atoms. The van der Waals surface area contributed by atoms with Crippen LogP contribution >= 0.6 is 11.6 Å². The topological polar surface area (TPSA) is 62.2 Å². The Morgan fingerprint density at radius 2 is 2.00 bits per heavy atom. The monoisotopic (exact) mass is 290 g/mol. The lowest BCUT2D eigenvalue weighted by molar-refractivity contribution is -0.123. The van der Waals surface area contributed by atoms with Gasteiger partial charge in [0.15, 0.2) is 0 Å². The Labute approximate surface area is 122 Å². The molecule has 0 aliphatic heterocycles. The fourth-order valence-corrected chi connectivity index (χ4v) is 1.87. The van der Waals surface area contributed by atoms with Gasteiger partial charge in [-0.05, 0) is 29.8 Å². The van der Waals surface area contributed by atoms with Gasteiger partial charge in [-0.1, -0.05) is 29.8 Å². The van der Waals surface area contributed by atoms with Crippen LogP contribution in [0.2, 0.25) is 5.02 Å². The number of carbonyl (C=O) groups is 1. The molecule has 2 rings (SSSR count). The number of pyridine rings is 1. The van der Waals surface area contributed by atoms with Crippen LogP contribution in [-0.2, 0) is 11.3 Å². The number of hydrogen-bond donors (Lipinski definition) is 2. The maximum absolute atomic E-state index is 11.7. The highest BCUT2D eigenvalue weighted by Crippen LogP contribution is 2.18. The minimum atomic E-state index is -0.837. The van der Waals surface area contributed by atoms with E-state index in [1.165, 1.54) is 0 Å². The summed E-state index contributed by atoms with van der Waals surface area (Å²) in [5.74, 6) is -0.224.